The van der Waals surface area contributed by atoms with Gasteiger partial charge in [-0.3, -0.25) is 0 Å². The molecule has 0 aromatic heterocycles. The average molecular weight is 415 g/mol. The molecule has 0 saturated heterocycles. The molecule has 0 heterocycles. The molecule has 3 heteroatoms. The molecule has 0 atom stereocenters. The van der Waals surface area contributed by atoms with Crippen LogP contribution in [-0.2, 0) is 0 Å². The molecule has 0 aliphatic heterocycles. The Morgan fingerprint density at radius 2 is 1.29 bits per heavy atom. The Balaban J connectivity index is 1.99. The van der Waals surface area contributed by atoms with Crippen LogP contribution in [0.3, 0.4) is 0 Å². The van der Waals surface area contributed by atoms with Crippen LogP contribution in [0.15, 0.2) is 72.8 Å². The van der Waals surface area contributed by atoms with Crippen molar-refractivity contribution in [2.24, 2.45) is 0 Å². The molecule has 0 unspecified atom stereocenters. The second-order valence-corrected chi connectivity index (χ2v) is 7.63. The molecular formula is C28H32NO2. The van der Waals surface area contributed by atoms with Crippen LogP contribution < -0.4 is 9.47 Å². The Morgan fingerprint density at radius 1 is 0.742 bits per heavy atom. The Hall–Kier alpha value is -3.04. The predicted molar refractivity (Wildman–Crippen MR) is 130 cm³/mol. The van der Waals surface area contributed by atoms with E-state index in [1.807, 2.05) is 45.3 Å². The van der Waals surface area contributed by atoms with Crippen LogP contribution in [0.4, 0.5) is 0 Å². The summed E-state index contributed by atoms with van der Waals surface area (Å²) in [5, 5.41) is 0. The van der Waals surface area contributed by atoms with E-state index in [0.717, 1.165) is 24.5 Å². The van der Waals surface area contributed by atoms with Gasteiger partial charge in [0.2, 0.25) is 0 Å². The fraction of sp³-hybridized carbons (Fsp3) is 0.286. The first-order valence-corrected chi connectivity index (χ1v) is 10.9. The summed E-state index contributed by atoms with van der Waals surface area (Å²) in [7, 11) is 4.10. The van der Waals surface area contributed by atoms with Crippen LogP contribution in [0, 0.1) is 6.07 Å². The summed E-state index contributed by atoms with van der Waals surface area (Å²) in [6.45, 7) is 6.45. The number of rotatable bonds is 10. The highest BCUT2D eigenvalue weighted by Crippen LogP contribution is 2.35. The maximum absolute atomic E-state index is 5.89. The minimum absolute atomic E-state index is 0.671. The predicted octanol–water partition coefficient (Wildman–Crippen LogP) is 6.19. The quantitative estimate of drug-likeness (QED) is 0.369. The van der Waals surface area contributed by atoms with Gasteiger partial charge in [0.25, 0.3) is 0 Å². The van der Waals surface area contributed by atoms with Crippen molar-refractivity contribution in [2.75, 3.05) is 33.9 Å². The van der Waals surface area contributed by atoms with Crippen LogP contribution in [0.2, 0.25) is 0 Å². The van der Waals surface area contributed by atoms with E-state index in [1.54, 1.807) is 0 Å². The van der Waals surface area contributed by atoms with Gasteiger partial charge in [-0.1, -0.05) is 55.5 Å². The summed E-state index contributed by atoms with van der Waals surface area (Å²) in [6, 6.07) is 28.2. The van der Waals surface area contributed by atoms with Gasteiger partial charge in [-0.25, -0.2) is 0 Å². The first-order chi connectivity index (χ1) is 15.1. The van der Waals surface area contributed by atoms with Crippen molar-refractivity contribution in [3.63, 3.8) is 0 Å². The van der Waals surface area contributed by atoms with Crippen LogP contribution in [0.5, 0.6) is 11.5 Å². The van der Waals surface area contributed by atoms with E-state index in [4.69, 9.17) is 9.47 Å². The zero-order chi connectivity index (χ0) is 22.1. The van der Waals surface area contributed by atoms with Crippen LogP contribution in [0.1, 0.15) is 37.0 Å². The highest BCUT2D eigenvalue weighted by atomic mass is 16.5. The van der Waals surface area contributed by atoms with Crippen molar-refractivity contribution in [3.8, 4) is 11.5 Å². The normalized spacial score (nSPS) is 11.9. The molecular weight excluding hydrogens is 382 g/mol. The standard InChI is InChI=1S/C28H32NO2/c1-5-27(22-12-16-25(17-13-22)30-6-2)28(23-10-8-7-9-11-23)24-14-18-26(19-15-24)31-21-20-29(3)4/h8-19H,5-6,20-21H2,1-4H3/b28-27+. The summed E-state index contributed by atoms with van der Waals surface area (Å²) >= 11 is 0. The lowest BCUT2D eigenvalue weighted by molar-refractivity contribution is 0.261. The smallest absolute Gasteiger partial charge is 0.119 e. The maximum atomic E-state index is 5.89. The Bertz CT molecular complexity index is 958. The third-order valence-corrected chi connectivity index (χ3v) is 5.13. The van der Waals surface area contributed by atoms with Crippen LogP contribution in [-0.4, -0.2) is 38.8 Å². The number of nitrogens with zero attached hydrogens (tertiary/aromatic N) is 1. The monoisotopic (exact) mass is 414 g/mol. The zero-order valence-electron chi connectivity index (χ0n) is 19.0. The molecule has 3 nitrogen and oxygen atoms in total. The third kappa shape index (κ3) is 6.22. The van der Waals surface area contributed by atoms with E-state index in [2.05, 4.69) is 66.4 Å². The topological polar surface area (TPSA) is 21.7 Å². The summed E-state index contributed by atoms with van der Waals surface area (Å²) in [6.07, 6.45) is 0.920. The van der Waals surface area contributed by atoms with Crippen LogP contribution >= 0.6 is 0 Å². The molecule has 3 aromatic rings. The van der Waals surface area contributed by atoms with Gasteiger partial charge < -0.3 is 14.4 Å². The molecule has 0 amide bonds. The second-order valence-electron chi connectivity index (χ2n) is 7.63. The molecule has 161 valence electrons. The lowest BCUT2D eigenvalue weighted by Crippen LogP contribution is -2.19. The SMILES string of the molecule is CCOc1ccc(/C(CC)=C(\c2cc[c]cc2)c2ccc(OCCN(C)C)cc2)cc1. The minimum Gasteiger partial charge on any atom is -0.494 e. The van der Waals surface area contributed by atoms with Gasteiger partial charge in [-0.05, 0) is 85.6 Å². The second kappa shape index (κ2) is 11.4. The highest BCUT2D eigenvalue weighted by molar-refractivity contribution is 5.98. The van der Waals surface area contributed by atoms with Crippen molar-refractivity contribution in [2.45, 2.75) is 20.3 Å². The number of allylic oxidation sites excluding steroid dienone is 1. The summed E-state index contributed by atoms with van der Waals surface area (Å²) in [5.41, 5.74) is 6.11. The average Bonchev–Trinajstić information content (AvgIpc) is 2.79. The van der Waals surface area contributed by atoms with E-state index < -0.39 is 0 Å². The van der Waals surface area contributed by atoms with E-state index in [9.17, 15) is 0 Å². The van der Waals surface area contributed by atoms with Crippen LogP contribution in [0.25, 0.3) is 11.1 Å². The van der Waals surface area contributed by atoms with E-state index in [-0.39, 0.29) is 0 Å². The minimum atomic E-state index is 0.671. The third-order valence-electron chi connectivity index (χ3n) is 5.13. The number of likely N-dealkylation sites (N-methyl/N-ethyl adjacent to an activating group) is 1. The fourth-order valence-electron chi connectivity index (χ4n) is 3.58. The van der Waals surface area contributed by atoms with Crippen molar-refractivity contribution < 1.29 is 9.47 Å². The van der Waals surface area contributed by atoms with E-state index >= 15 is 0 Å². The van der Waals surface area contributed by atoms with Gasteiger partial charge in [0, 0.05) is 6.54 Å². The summed E-state index contributed by atoms with van der Waals surface area (Å²) in [5.74, 6) is 1.79. The number of hydrogen-bond acceptors (Lipinski definition) is 3. The van der Waals surface area contributed by atoms with Gasteiger partial charge in [-0.2, -0.15) is 0 Å². The lowest BCUT2D eigenvalue weighted by atomic mass is 9.88. The Kier molecular flexibility index (Phi) is 8.31. The zero-order valence-corrected chi connectivity index (χ0v) is 19.0. The number of benzene rings is 3. The van der Waals surface area contributed by atoms with Gasteiger partial charge in [-0.15, -0.1) is 0 Å². The Labute approximate surface area is 186 Å². The molecule has 0 fully saturated rings. The molecule has 3 aromatic carbocycles. The van der Waals surface area contributed by atoms with E-state index in [1.165, 1.54) is 27.8 Å². The first-order valence-electron chi connectivity index (χ1n) is 10.9. The molecule has 0 aliphatic rings. The molecule has 0 saturated carbocycles. The summed E-state index contributed by atoms with van der Waals surface area (Å²) < 4.78 is 11.5. The van der Waals surface area contributed by atoms with Gasteiger partial charge in [0.05, 0.1) is 6.61 Å². The highest BCUT2D eigenvalue weighted by Gasteiger charge is 2.13. The van der Waals surface area contributed by atoms with Crippen molar-refractivity contribution >= 4 is 11.1 Å². The van der Waals surface area contributed by atoms with E-state index in [0.29, 0.717) is 13.2 Å². The molecule has 0 aliphatic carbocycles. The molecule has 0 spiro atoms. The molecule has 1 radical (unpaired) electrons. The van der Waals surface area contributed by atoms with Gasteiger partial charge >= 0.3 is 0 Å². The lowest BCUT2D eigenvalue weighted by Gasteiger charge is -2.17. The van der Waals surface area contributed by atoms with Crippen molar-refractivity contribution in [3.05, 3.63) is 95.6 Å². The molecule has 0 N–H and O–H groups in total. The largest absolute Gasteiger partial charge is 0.494 e. The summed E-state index contributed by atoms with van der Waals surface area (Å²) in [4.78, 5) is 2.12. The van der Waals surface area contributed by atoms with Crippen molar-refractivity contribution in [1.82, 2.24) is 4.90 Å². The molecule has 0 bridgehead atoms. The Morgan fingerprint density at radius 3 is 1.84 bits per heavy atom. The molecule has 3 rings (SSSR count). The maximum Gasteiger partial charge on any atom is 0.119 e. The number of hydrogen-bond donors (Lipinski definition) is 0. The van der Waals surface area contributed by atoms with Gasteiger partial charge in [0.15, 0.2) is 0 Å². The molecule has 31 heavy (non-hydrogen) atoms. The van der Waals surface area contributed by atoms with Gasteiger partial charge in [0.1, 0.15) is 18.1 Å². The van der Waals surface area contributed by atoms with Crippen molar-refractivity contribution in [1.29, 1.82) is 0 Å². The fourth-order valence-corrected chi connectivity index (χ4v) is 3.58. The number of ether oxygens (including phenoxy) is 2. The first kappa shape index (κ1) is 22.6.